The highest BCUT2D eigenvalue weighted by Crippen LogP contribution is 2.24. The van der Waals surface area contributed by atoms with E-state index in [1.165, 1.54) is 0 Å². The molecule has 0 fully saturated rings. The molecule has 0 aliphatic rings. The first-order chi connectivity index (χ1) is 12.3. The molecule has 1 aromatic carbocycles. The van der Waals surface area contributed by atoms with E-state index < -0.39 is 0 Å². The van der Waals surface area contributed by atoms with E-state index in [1.54, 1.807) is 0 Å². The van der Waals surface area contributed by atoms with Crippen LogP contribution in [0.15, 0.2) is 26.8 Å². The van der Waals surface area contributed by atoms with E-state index in [1.807, 2.05) is 39.1 Å². The molecule has 6 heteroatoms. The summed E-state index contributed by atoms with van der Waals surface area (Å²) in [6, 6.07) is 4.18. The summed E-state index contributed by atoms with van der Waals surface area (Å²) in [7, 11) is 2.01. The van der Waals surface area contributed by atoms with Crippen LogP contribution in [0.3, 0.4) is 0 Å². The molecule has 0 amide bonds. The Morgan fingerprint density at radius 1 is 1.23 bits per heavy atom. The Balaban J connectivity index is 2.14. The van der Waals surface area contributed by atoms with Crippen LogP contribution in [0.5, 0.6) is 0 Å². The second-order valence-electron chi connectivity index (χ2n) is 6.52. The lowest BCUT2D eigenvalue weighted by Gasteiger charge is -2.11. The summed E-state index contributed by atoms with van der Waals surface area (Å²) in [6.07, 6.45) is 1.86. The molecule has 0 N–H and O–H groups in total. The van der Waals surface area contributed by atoms with Crippen molar-refractivity contribution in [3.8, 4) is 0 Å². The molecule has 0 saturated carbocycles. The van der Waals surface area contributed by atoms with Gasteiger partial charge in [0.1, 0.15) is 12.4 Å². The molecule has 0 atom stereocenters. The molecule has 1 heterocycles. The van der Waals surface area contributed by atoms with Crippen molar-refractivity contribution in [2.24, 2.45) is 10.1 Å². The largest absolute Gasteiger partial charge is 0.390 e. The number of benzene rings is 1. The van der Waals surface area contributed by atoms with Crippen molar-refractivity contribution in [1.29, 1.82) is 0 Å². The third kappa shape index (κ3) is 4.71. The summed E-state index contributed by atoms with van der Waals surface area (Å²) in [6.45, 7) is 13.2. The molecular weight excluding hydrogens is 328 g/mol. The van der Waals surface area contributed by atoms with Crippen LogP contribution < -0.4 is 0 Å². The lowest BCUT2D eigenvalue weighted by molar-refractivity contribution is 0.129. The number of nitrogens with zero attached hydrogens (tertiary/aromatic N) is 4. The van der Waals surface area contributed by atoms with Gasteiger partial charge in [0.25, 0.3) is 0 Å². The van der Waals surface area contributed by atoms with Gasteiger partial charge >= 0.3 is 0 Å². The van der Waals surface area contributed by atoms with E-state index in [0.29, 0.717) is 6.61 Å². The van der Waals surface area contributed by atoms with Crippen molar-refractivity contribution in [3.63, 3.8) is 0 Å². The van der Waals surface area contributed by atoms with Crippen molar-refractivity contribution in [3.05, 3.63) is 45.8 Å². The zero-order valence-corrected chi connectivity index (χ0v) is 16.8. The summed E-state index contributed by atoms with van der Waals surface area (Å²) in [5.41, 5.74) is 6.86. The summed E-state index contributed by atoms with van der Waals surface area (Å²) >= 11 is 0. The van der Waals surface area contributed by atoms with Crippen molar-refractivity contribution in [2.45, 2.75) is 48.1 Å². The zero-order chi connectivity index (χ0) is 19.3. The Kier molecular flexibility index (Phi) is 6.55. The molecule has 0 spiro atoms. The minimum Gasteiger partial charge on any atom is -0.390 e. The minimum absolute atomic E-state index is 0.349. The number of aryl methyl sites for hydroxylation is 4. The Hall–Kier alpha value is -2.63. The number of aliphatic imine (C=N–C) groups is 1. The third-order valence-corrected chi connectivity index (χ3v) is 4.42. The molecule has 0 bridgehead atoms. The van der Waals surface area contributed by atoms with Gasteiger partial charge in [0.05, 0.1) is 29.0 Å². The van der Waals surface area contributed by atoms with Crippen LogP contribution in [0.25, 0.3) is 0 Å². The summed E-state index contributed by atoms with van der Waals surface area (Å²) < 4.78 is 5.14. The summed E-state index contributed by atoms with van der Waals surface area (Å²) in [4.78, 5) is 12.1. The van der Waals surface area contributed by atoms with Gasteiger partial charge in [-0.1, -0.05) is 10.3 Å². The number of aromatic nitrogens is 1. The quantitative estimate of drug-likeness (QED) is 0.417. The van der Waals surface area contributed by atoms with Gasteiger partial charge in [-0.25, -0.2) is 4.99 Å². The van der Waals surface area contributed by atoms with Crippen LogP contribution in [0.1, 0.15) is 47.6 Å². The first-order valence-corrected chi connectivity index (χ1v) is 8.77. The molecule has 140 valence electrons. The minimum atomic E-state index is 0.349. The first kappa shape index (κ1) is 19.7. The fourth-order valence-electron chi connectivity index (χ4n) is 2.52. The highest BCUT2D eigenvalue weighted by Gasteiger charge is 2.10. The van der Waals surface area contributed by atoms with Crippen LogP contribution in [0.2, 0.25) is 0 Å². The molecule has 0 aliphatic carbocycles. The second kappa shape index (κ2) is 8.65. The zero-order valence-electron chi connectivity index (χ0n) is 16.8. The summed E-state index contributed by atoms with van der Waals surface area (Å²) in [5, 5.41) is 8.19. The van der Waals surface area contributed by atoms with Gasteiger partial charge in [0.15, 0.2) is 0 Å². The molecule has 26 heavy (non-hydrogen) atoms. The van der Waals surface area contributed by atoms with Crippen molar-refractivity contribution >= 4 is 17.7 Å². The average Bonchev–Trinajstić information content (AvgIpc) is 2.93. The van der Waals surface area contributed by atoms with Gasteiger partial charge in [0.2, 0.25) is 0 Å². The molecule has 0 radical (unpaired) electrons. The summed E-state index contributed by atoms with van der Waals surface area (Å²) in [5.74, 6) is 0.765. The van der Waals surface area contributed by atoms with E-state index in [-0.39, 0.29) is 0 Å². The molecule has 0 unspecified atom stereocenters. The number of hydrogen-bond donors (Lipinski definition) is 0. The monoisotopic (exact) mass is 356 g/mol. The maximum absolute atomic E-state index is 5.53. The van der Waals surface area contributed by atoms with Crippen LogP contribution in [-0.2, 0) is 11.4 Å². The van der Waals surface area contributed by atoms with Gasteiger partial charge < -0.3 is 14.3 Å². The highest BCUT2D eigenvalue weighted by molar-refractivity contribution is 6.00. The second-order valence-corrected chi connectivity index (χ2v) is 6.52. The topological polar surface area (TPSA) is 63.2 Å². The highest BCUT2D eigenvalue weighted by atomic mass is 16.6. The van der Waals surface area contributed by atoms with E-state index >= 15 is 0 Å². The predicted octanol–water partition coefficient (Wildman–Crippen LogP) is 4.46. The van der Waals surface area contributed by atoms with Crippen LogP contribution >= 0.6 is 0 Å². The average molecular weight is 356 g/mol. The fourth-order valence-corrected chi connectivity index (χ4v) is 2.52. The maximum atomic E-state index is 5.53. The molecule has 1 aromatic heterocycles. The van der Waals surface area contributed by atoms with Gasteiger partial charge in [-0.15, -0.1) is 0 Å². The maximum Gasteiger partial charge on any atom is 0.147 e. The first-order valence-electron chi connectivity index (χ1n) is 8.77. The lowest BCUT2D eigenvalue weighted by Crippen LogP contribution is -2.14. The number of oxime groups is 1. The van der Waals surface area contributed by atoms with Crippen molar-refractivity contribution in [2.75, 3.05) is 13.6 Å². The van der Waals surface area contributed by atoms with Crippen LogP contribution in [-0.4, -0.2) is 35.7 Å². The predicted molar refractivity (Wildman–Crippen MR) is 105 cm³/mol. The van der Waals surface area contributed by atoms with Crippen molar-refractivity contribution < 1.29 is 9.36 Å². The standard InChI is InChI=1S/C20H28N4O2/c1-8-24(7)12-21-20-10-13(2)18(9-14(20)3)15(4)22-25-11-19-16(5)23-26-17(19)6/h9-10,12H,8,11H2,1-7H3/b21-12?,22-15+. The SMILES string of the molecule is CCN(C)C=Nc1cc(C)c(/C(C)=N/OCc2c(C)noc2C)cc1C. The number of hydrogen-bond acceptors (Lipinski definition) is 5. The molecule has 0 aliphatic heterocycles. The van der Waals surface area contributed by atoms with E-state index in [4.69, 9.17) is 9.36 Å². The van der Waals surface area contributed by atoms with E-state index in [2.05, 4.69) is 48.2 Å². The Bertz CT molecular complexity index is 802. The molecule has 2 aromatic rings. The molecule has 6 nitrogen and oxygen atoms in total. The normalized spacial score (nSPS) is 12.0. The Morgan fingerprint density at radius 3 is 2.58 bits per heavy atom. The molecule has 0 saturated heterocycles. The van der Waals surface area contributed by atoms with Crippen LogP contribution in [0.4, 0.5) is 5.69 Å². The molecular formula is C20H28N4O2. The lowest BCUT2D eigenvalue weighted by atomic mass is 10.0. The smallest absolute Gasteiger partial charge is 0.147 e. The van der Waals surface area contributed by atoms with Crippen LogP contribution in [0, 0.1) is 27.7 Å². The Labute approximate surface area is 155 Å². The van der Waals surface area contributed by atoms with E-state index in [0.717, 1.165) is 51.7 Å². The fraction of sp³-hybridized carbons (Fsp3) is 0.450. The van der Waals surface area contributed by atoms with E-state index in [9.17, 15) is 0 Å². The van der Waals surface area contributed by atoms with Gasteiger partial charge in [0, 0.05) is 19.2 Å². The van der Waals surface area contributed by atoms with Gasteiger partial charge in [-0.2, -0.15) is 0 Å². The number of rotatable bonds is 7. The molecule has 2 rings (SSSR count). The van der Waals surface area contributed by atoms with Crippen molar-refractivity contribution in [1.82, 2.24) is 10.1 Å². The van der Waals surface area contributed by atoms with Gasteiger partial charge in [-0.3, -0.25) is 0 Å². The third-order valence-electron chi connectivity index (χ3n) is 4.42. The van der Waals surface area contributed by atoms with Gasteiger partial charge in [-0.05, 0) is 64.8 Å². The Morgan fingerprint density at radius 2 is 1.96 bits per heavy atom.